The van der Waals surface area contributed by atoms with Crippen LogP contribution in [0.15, 0.2) is 36.1 Å². The zero-order chi connectivity index (χ0) is 19.6. The van der Waals surface area contributed by atoms with Gasteiger partial charge in [-0.3, -0.25) is 9.59 Å². The summed E-state index contributed by atoms with van der Waals surface area (Å²) in [6.45, 7) is 3.47. The number of carbonyl (C=O) groups is 2. The Hall–Kier alpha value is -3.28. The maximum absolute atomic E-state index is 12.7. The molecule has 0 spiro atoms. The fourth-order valence-corrected chi connectivity index (χ4v) is 2.84. The van der Waals surface area contributed by atoms with Gasteiger partial charge in [-0.25, -0.2) is 0 Å². The first-order valence-corrected chi connectivity index (χ1v) is 8.49. The Morgan fingerprint density at radius 1 is 1.11 bits per heavy atom. The molecule has 1 heterocycles. The topological polar surface area (TPSA) is 71.1 Å². The Bertz CT molecular complexity index is 942. The molecular weight excluding hydrogens is 348 g/mol. The average Bonchev–Trinajstić information content (AvgIpc) is 3.00. The van der Waals surface area contributed by atoms with Gasteiger partial charge in [-0.05, 0) is 31.2 Å². The highest BCUT2D eigenvalue weighted by molar-refractivity contribution is 6.15. The Morgan fingerprint density at radius 3 is 2.56 bits per heavy atom. The SMILES string of the molecule is CCC(=O)Oc1ccc2c(c1C)O/C(=C\c1cccc(OC)c1OC)C2=O. The van der Waals surface area contributed by atoms with E-state index in [1.165, 1.54) is 7.11 Å². The largest absolute Gasteiger partial charge is 0.493 e. The van der Waals surface area contributed by atoms with E-state index < -0.39 is 0 Å². The van der Waals surface area contributed by atoms with Gasteiger partial charge in [-0.15, -0.1) is 0 Å². The van der Waals surface area contributed by atoms with Crippen molar-refractivity contribution in [1.29, 1.82) is 0 Å². The van der Waals surface area contributed by atoms with Crippen LogP contribution >= 0.6 is 0 Å². The van der Waals surface area contributed by atoms with Gasteiger partial charge in [0.2, 0.25) is 5.78 Å². The Labute approximate surface area is 157 Å². The minimum Gasteiger partial charge on any atom is -0.493 e. The summed E-state index contributed by atoms with van der Waals surface area (Å²) in [5.74, 6) is 1.42. The van der Waals surface area contributed by atoms with Crippen molar-refractivity contribution >= 4 is 17.8 Å². The highest BCUT2D eigenvalue weighted by atomic mass is 16.5. The van der Waals surface area contributed by atoms with E-state index in [9.17, 15) is 9.59 Å². The number of para-hydroxylation sites is 1. The lowest BCUT2D eigenvalue weighted by atomic mass is 10.1. The van der Waals surface area contributed by atoms with Crippen molar-refractivity contribution in [3.8, 4) is 23.0 Å². The Morgan fingerprint density at radius 2 is 1.89 bits per heavy atom. The van der Waals surface area contributed by atoms with Crippen LogP contribution in [0.1, 0.15) is 34.8 Å². The van der Waals surface area contributed by atoms with E-state index in [2.05, 4.69) is 0 Å². The summed E-state index contributed by atoms with van der Waals surface area (Å²) in [7, 11) is 3.08. The van der Waals surface area contributed by atoms with Crippen LogP contribution in [0, 0.1) is 6.92 Å². The summed E-state index contributed by atoms with van der Waals surface area (Å²) < 4.78 is 21.8. The highest BCUT2D eigenvalue weighted by Crippen LogP contribution is 2.40. The van der Waals surface area contributed by atoms with Crippen molar-refractivity contribution in [2.75, 3.05) is 14.2 Å². The van der Waals surface area contributed by atoms with Gasteiger partial charge in [0.15, 0.2) is 17.3 Å². The molecule has 3 rings (SSSR count). The first-order chi connectivity index (χ1) is 13.0. The number of methoxy groups -OCH3 is 2. The molecule has 140 valence electrons. The van der Waals surface area contributed by atoms with Crippen LogP contribution in [-0.2, 0) is 4.79 Å². The van der Waals surface area contributed by atoms with Gasteiger partial charge in [-0.2, -0.15) is 0 Å². The van der Waals surface area contributed by atoms with E-state index in [0.29, 0.717) is 39.7 Å². The van der Waals surface area contributed by atoms with E-state index in [4.69, 9.17) is 18.9 Å². The molecule has 0 N–H and O–H groups in total. The number of esters is 1. The zero-order valence-electron chi connectivity index (χ0n) is 15.6. The maximum atomic E-state index is 12.7. The molecule has 0 radical (unpaired) electrons. The monoisotopic (exact) mass is 368 g/mol. The normalized spacial score (nSPS) is 13.9. The van der Waals surface area contributed by atoms with Crippen molar-refractivity contribution in [3.63, 3.8) is 0 Å². The van der Waals surface area contributed by atoms with Crippen LogP contribution in [0.25, 0.3) is 6.08 Å². The summed E-state index contributed by atoms with van der Waals surface area (Å²) in [5, 5.41) is 0. The molecule has 0 unspecified atom stereocenters. The summed E-state index contributed by atoms with van der Waals surface area (Å²) in [4.78, 5) is 24.3. The Balaban J connectivity index is 1.99. The summed E-state index contributed by atoms with van der Waals surface area (Å²) >= 11 is 0. The number of rotatable bonds is 5. The lowest BCUT2D eigenvalue weighted by Gasteiger charge is -2.10. The summed E-state index contributed by atoms with van der Waals surface area (Å²) in [6, 6.07) is 8.58. The van der Waals surface area contributed by atoms with Crippen LogP contribution < -0.4 is 18.9 Å². The molecule has 0 bridgehead atoms. The minimum absolute atomic E-state index is 0.165. The minimum atomic E-state index is -0.348. The number of hydrogen-bond donors (Lipinski definition) is 0. The second-order valence-corrected chi connectivity index (χ2v) is 5.92. The standard InChI is InChI=1S/C21H20O6/c1-5-18(22)26-15-10-9-14-19(23)17(27-20(14)12(15)2)11-13-7-6-8-16(24-3)21(13)25-4/h6-11H,5H2,1-4H3/b17-11-. The molecule has 0 aliphatic carbocycles. The maximum Gasteiger partial charge on any atom is 0.310 e. The molecule has 6 heteroatoms. The van der Waals surface area contributed by atoms with Crippen molar-refractivity contribution in [3.05, 3.63) is 52.8 Å². The van der Waals surface area contributed by atoms with E-state index in [1.54, 1.807) is 57.4 Å². The third-order valence-corrected chi connectivity index (χ3v) is 4.27. The highest BCUT2D eigenvalue weighted by Gasteiger charge is 2.31. The van der Waals surface area contributed by atoms with Crippen LogP contribution in [-0.4, -0.2) is 26.0 Å². The molecule has 0 amide bonds. The number of benzene rings is 2. The lowest BCUT2D eigenvalue weighted by molar-refractivity contribution is -0.134. The first-order valence-electron chi connectivity index (χ1n) is 8.49. The lowest BCUT2D eigenvalue weighted by Crippen LogP contribution is -2.06. The third-order valence-electron chi connectivity index (χ3n) is 4.27. The number of ether oxygens (including phenoxy) is 4. The molecule has 0 atom stereocenters. The zero-order valence-corrected chi connectivity index (χ0v) is 15.6. The van der Waals surface area contributed by atoms with Crippen molar-refractivity contribution in [2.45, 2.75) is 20.3 Å². The van der Waals surface area contributed by atoms with E-state index in [1.807, 2.05) is 0 Å². The predicted octanol–water partition coefficient (Wildman–Crippen LogP) is 3.94. The molecule has 2 aromatic rings. The van der Waals surface area contributed by atoms with Gasteiger partial charge >= 0.3 is 5.97 Å². The number of hydrogen-bond acceptors (Lipinski definition) is 6. The molecule has 27 heavy (non-hydrogen) atoms. The summed E-state index contributed by atoms with van der Waals surface area (Å²) in [5.41, 5.74) is 1.68. The van der Waals surface area contributed by atoms with E-state index in [-0.39, 0.29) is 23.9 Å². The number of Topliss-reactive ketones (excluding diaryl/α,β-unsaturated/α-hetero) is 1. The quantitative estimate of drug-likeness (QED) is 0.452. The molecular formula is C21H20O6. The second kappa shape index (κ2) is 7.53. The molecule has 1 aliphatic heterocycles. The molecule has 0 aromatic heterocycles. The van der Waals surface area contributed by atoms with Gasteiger partial charge in [0, 0.05) is 17.5 Å². The third kappa shape index (κ3) is 3.38. The van der Waals surface area contributed by atoms with Crippen LogP contribution in [0.4, 0.5) is 0 Å². The molecule has 0 fully saturated rings. The van der Waals surface area contributed by atoms with Gasteiger partial charge in [0.1, 0.15) is 11.5 Å². The first kappa shape index (κ1) is 18.5. The number of allylic oxidation sites excluding steroid dienone is 1. The molecule has 0 saturated carbocycles. The molecule has 2 aromatic carbocycles. The fourth-order valence-electron chi connectivity index (χ4n) is 2.84. The van der Waals surface area contributed by atoms with Crippen molar-refractivity contribution in [1.82, 2.24) is 0 Å². The van der Waals surface area contributed by atoms with Crippen LogP contribution in [0.3, 0.4) is 0 Å². The van der Waals surface area contributed by atoms with E-state index >= 15 is 0 Å². The predicted molar refractivity (Wildman–Crippen MR) is 99.6 cm³/mol. The van der Waals surface area contributed by atoms with Crippen molar-refractivity contribution < 1.29 is 28.5 Å². The van der Waals surface area contributed by atoms with Crippen LogP contribution in [0.2, 0.25) is 0 Å². The second-order valence-electron chi connectivity index (χ2n) is 5.92. The molecule has 0 saturated heterocycles. The summed E-state index contributed by atoms with van der Waals surface area (Å²) in [6.07, 6.45) is 1.87. The molecule has 1 aliphatic rings. The molecule has 6 nitrogen and oxygen atoms in total. The van der Waals surface area contributed by atoms with Gasteiger partial charge in [0.25, 0.3) is 0 Å². The smallest absolute Gasteiger partial charge is 0.310 e. The average molecular weight is 368 g/mol. The fraction of sp³-hybridized carbons (Fsp3) is 0.238. The van der Waals surface area contributed by atoms with Gasteiger partial charge < -0.3 is 18.9 Å². The van der Waals surface area contributed by atoms with Crippen molar-refractivity contribution in [2.24, 2.45) is 0 Å². The van der Waals surface area contributed by atoms with E-state index in [0.717, 1.165) is 0 Å². The van der Waals surface area contributed by atoms with Crippen LogP contribution in [0.5, 0.6) is 23.0 Å². The Kier molecular flexibility index (Phi) is 5.16. The van der Waals surface area contributed by atoms with Gasteiger partial charge in [-0.1, -0.05) is 19.1 Å². The number of ketones is 1. The van der Waals surface area contributed by atoms with Gasteiger partial charge in [0.05, 0.1) is 19.8 Å². The number of carbonyl (C=O) groups excluding carboxylic acids is 2. The number of fused-ring (bicyclic) bond motifs is 1.